The molecule has 2 atom stereocenters. The summed E-state index contributed by atoms with van der Waals surface area (Å²) in [5, 5.41) is 4.14. The van der Waals surface area contributed by atoms with Gasteiger partial charge in [0.05, 0.1) is 7.11 Å². The van der Waals surface area contributed by atoms with E-state index in [1.807, 2.05) is 0 Å². The van der Waals surface area contributed by atoms with Crippen molar-refractivity contribution in [3.63, 3.8) is 0 Å². The summed E-state index contributed by atoms with van der Waals surface area (Å²) >= 11 is 2.11. The maximum absolute atomic E-state index is 5.33. The van der Waals surface area contributed by atoms with Gasteiger partial charge in [0.15, 0.2) is 0 Å². The van der Waals surface area contributed by atoms with E-state index in [1.54, 1.807) is 7.11 Å². The number of nitrogens with one attached hydrogen (secondary N) is 1. The van der Waals surface area contributed by atoms with Crippen molar-refractivity contribution in [2.75, 3.05) is 19.9 Å². The number of methoxy groups -OCH3 is 1. The molecule has 0 amide bonds. The second-order valence-electron chi connectivity index (χ2n) is 4.80. The molecule has 0 radical (unpaired) electrons. The van der Waals surface area contributed by atoms with Crippen LogP contribution in [-0.4, -0.2) is 25.2 Å². The Morgan fingerprint density at radius 3 is 2.94 bits per heavy atom. The standard InChI is InChI=1S/C15H23NOS/c1-4-5-8-18-14-9-11-6-7-12(17-3)10-13(11)15(14)16-2/h6-7,10,14-16H,4-5,8-9H2,1-3H3. The molecule has 1 aromatic carbocycles. The normalized spacial score (nSPS) is 21.9. The third kappa shape index (κ3) is 2.83. The number of thioether (sulfide) groups is 1. The van der Waals surface area contributed by atoms with Crippen LogP contribution >= 0.6 is 11.8 Å². The largest absolute Gasteiger partial charge is 0.497 e. The summed E-state index contributed by atoms with van der Waals surface area (Å²) in [7, 11) is 3.80. The molecular weight excluding hydrogens is 242 g/mol. The van der Waals surface area contributed by atoms with Gasteiger partial charge in [-0.3, -0.25) is 0 Å². The number of fused-ring (bicyclic) bond motifs is 1. The second-order valence-corrected chi connectivity index (χ2v) is 6.15. The zero-order valence-electron chi connectivity index (χ0n) is 11.5. The average molecular weight is 265 g/mol. The monoisotopic (exact) mass is 265 g/mol. The van der Waals surface area contributed by atoms with Crippen LogP contribution in [0.3, 0.4) is 0 Å². The zero-order chi connectivity index (χ0) is 13.0. The van der Waals surface area contributed by atoms with Gasteiger partial charge >= 0.3 is 0 Å². The van der Waals surface area contributed by atoms with E-state index < -0.39 is 0 Å². The highest BCUT2D eigenvalue weighted by molar-refractivity contribution is 7.99. The maximum atomic E-state index is 5.33. The lowest BCUT2D eigenvalue weighted by Gasteiger charge is -2.19. The van der Waals surface area contributed by atoms with E-state index in [4.69, 9.17) is 4.74 Å². The summed E-state index contributed by atoms with van der Waals surface area (Å²) in [6.07, 6.45) is 3.78. The molecule has 18 heavy (non-hydrogen) atoms. The van der Waals surface area contributed by atoms with Crippen LogP contribution in [0.4, 0.5) is 0 Å². The Morgan fingerprint density at radius 1 is 1.44 bits per heavy atom. The molecule has 100 valence electrons. The molecule has 0 bridgehead atoms. The van der Waals surface area contributed by atoms with Crippen LogP contribution in [0.1, 0.15) is 36.9 Å². The fraction of sp³-hybridized carbons (Fsp3) is 0.600. The van der Waals surface area contributed by atoms with E-state index in [1.165, 1.54) is 36.1 Å². The van der Waals surface area contributed by atoms with Crippen molar-refractivity contribution in [2.45, 2.75) is 37.5 Å². The van der Waals surface area contributed by atoms with Crippen LogP contribution < -0.4 is 10.1 Å². The molecule has 0 aliphatic heterocycles. The minimum absolute atomic E-state index is 0.469. The highest BCUT2D eigenvalue weighted by atomic mass is 32.2. The highest BCUT2D eigenvalue weighted by Gasteiger charge is 2.31. The lowest BCUT2D eigenvalue weighted by Crippen LogP contribution is -2.23. The van der Waals surface area contributed by atoms with Gasteiger partial charge in [0.1, 0.15) is 5.75 Å². The first kappa shape index (κ1) is 13.8. The van der Waals surface area contributed by atoms with E-state index in [0.717, 1.165) is 5.75 Å². The highest BCUT2D eigenvalue weighted by Crippen LogP contribution is 2.40. The number of unbranched alkanes of at least 4 members (excludes halogenated alkanes) is 1. The number of hydrogen-bond donors (Lipinski definition) is 1. The SMILES string of the molecule is CCCCSC1Cc2ccc(OC)cc2C1NC. The Morgan fingerprint density at radius 2 is 2.28 bits per heavy atom. The van der Waals surface area contributed by atoms with E-state index in [9.17, 15) is 0 Å². The van der Waals surface area contributed by atoms with Gasteiger partial charge in [-0.1, -0.05) is 19.4 Å². The molecule has 1 N–H and O–H groups in total. The van der Waals surface area contributed by atoms with E-state index >= 15 is 0 Å². The van der Waals surface area contributed by atoms with Crippen LogP contribution in [0, 0.1) is 0 Å². The lowest BCUT2D eigenvalue weighted by atomic mass is 10.1. The van der Waals surface area contributed by atoms with Gasteiger partial charge in [-0.2, -0.15) is 11.8 Å². The lowest BCUT2D eigenvalue weighted by molar-refractivity contribution is 0.413. The molecule has 0 fully saturated rings. The minimum Gasteiger partial charge on any atom is -0.497 e. The van der Waals surface area contributed by atoms with Crippen molar-refractivity contribution < 1.29 is 4.74 Å². The first-order valence-electron chi connectivity index (χ1n) is 6.75. The molecule has 0 heterocycles. The van der Waals surface area contributed by atoms with E-state index in [0.29, 0.717) is 11.3 Å². The zero-order valence-corrected chi connectivity index (χ0v) is 12.3. The maximum Gasteiger partial charge on any atom is 0.119 e. The molecule has 0 saturated heterocycles. The third-order valence-corrected chi connectivity index (χ3v) is 5.01. The van der Waals surface area contributed by atoms with Crippen molar-refractivity contribution in [3.05, 3.63) is 29.3 Å². The van der Waals surface area contributed by atoms with Gasteiger partial charge in [-0.15, -0.1) is 0 Å². The van der Waals surface area contributed by atoms with Crippen LogP contribution in [0.5, 0.6) is 5.75 Å². The Hall–Kier alpha value is -0.670. The van der Waals surface area contributed by atoms with Crippen LogP contribution in [0.2, 0.25) is 0 Å². The quantitative estimate of drug-likeness (QED) is 0.796. The summed E-state index contributed by atoms with van der Waals surface area (Å²) in [4.78, 5) is 0. The predicted molar refractivity (Wildman–Crippen MR) is 79.7 cm³/mol. The number of ether oxygens (including phenoxy) is 1. The second kappa shape index (κ2) is 6.48. The molecular formula is C15H23NOS. The fourth-order valence-electron chi connectivity index (χ4n) is 2.59. The van der Waals surface area contributed by atoms with Crippen molar-refractivity contribution in [1.82, 2.24) is 5.32 Å². The van der Waals surface area contributed by atoms with E-state index in [-0.39, 0.29) is 0 Å². The topological polar surface area (TPSA) is 21.3 Å². The molecule has 1 aromatic rings. The molecule has 2 unspecified atom stereocenters. The third-order valence-electron chi connectivity index (χ3n) is 3.62. The van der Waals surface area contributed by atoms with Crippen molar-refractivity contribution in [2.24, 2.45) is 0 Å². The first-order valence-corrected chi connectivity index (χ1v) is 7.80. The number of benzene rings is 1. The van der Waals surface area contributed by atoms with Crippen molar-refractivity contribution in [1.29, 1.82) is 0 Å². The van der Waals surface area contributed by atoms with Gasteiger partial charge in [-0.25, -0.2) is 0 Å². The molecule has 0 saturated carbocycles. The van der Waals surface area contributed by atoms with Gasteiger partial charge in [-0.05, 0) is 48.9 Å². The van der Waals surface area contributed by atoms with Gasteiger partial charge in [0, 0.05) is 11.3 Å². The molecule has 1 aliphatic carbocycles. The Balaban J connectivity index is 2.10. The minimum atomic E-state index is 0.469. The Kier molecular flexibility index (Phi) is 4.95. The molecule has 2 rings (SSSR count). The fourth-order valence-corrected chi connectivity index (χ4v) is 4.12. The molecule has 3 heteroatoms. The van der Waals surface area contributed by atoms with Gasteiger partial charge in [0.2, 0.25) is 0 Å². The summed E-state index contributed by atoms with van der Waals surface area (Å²) in [5.74, 6) is 2.23. The smallest absolute Gasteiger partial charge is 0.119 e. The summed E-state index contributed by atoms with van der Waals surface area (Å²) < 4.78 is 5.33. The number of rotatable bonds is 6. The number of hydrogen-bond acceptors (Lipinski definition) is 3. The van der Waals surface area contributed by atoms with Crippen LogP contribution in [0.15, 0.2) is 18.2 Å². The predicted octanol–water partition coefficient (Wildman–Crippen LogP) is 3.41. The average Bonchev–Trinajstić information content (AvgIpc) is 2.75. The summed E-state index contributed by atoms with van der Waals surface area (Å²) in [6.45, 7) is 2.25. The van der Waals surface area contributed by atoms with Crippen molar-refractivity contribution >= 4 is 11.8 Å². The Labute approximate surface area is 114 Å². The van der Waals surface area contributed by atoms with Gasteiger partial charge in [0.25, 0.3) is 0 Å². The molecule has 0 aromatic heterocycles. The summed E-state index contributed by atoms with van der Waals surface area (Å²) in [5.41, 5.74) is 2.90. The molecule has 2 nitrogen and oxygen atoms in total. The molecule has 1 aliphatic rings. The Bertz CT molecular complexity index is 394. The molecule has 0 spiro atoms. The van der Waals surface area contributed by atoms with E-state index in [2.05, 4.69) is 49.2 Å². The van der Waals surface area contributed by atoms with Crippen molar-refractivity contribution in [3.8, 4) is 5.75 Å². The van der Waals surface area contributed by atoms with Crippen LogP contribution in [-0.2, 0) is 6.42 Å². The van der Waals surface area contributed by atoms with Gasteiger partial charge < -0.3 is 10.1 Å². The summed E-state index contributed by atoms with van der Waals surface area (Å²) in [6, 6.07) is 6.96. The first-order chi connectivity index (χ1) is 8.80. The van der Waals surface area contributed by atoms with Crippen LogP contribution in [0.25, 0.3) is 0 Å².